The molecule has 1 aromatic carbocycles. The van der Waals surface area contributed by atoms with Gasteiger partial charge in [0.05, 0.1) is 5.56 Å². The number of hydrogen-bond acceptors (Lipinski definition) is 4. The molecule has 3 atom stereocenters. The first-order chi connectivity index (χ1) is 10.1. The molecule has 3 N–H and O–H groups in total. The van der Waals surface area contributed by atoms with Gasteiger partial charge in [-0.15, -0.1) is 0 Å². The van der Waals surface area contributed by atoms with Gasteiger partial charge in [-0.05, 0) is 48.2 Å². The van der Waals surface area contributed by atoms with Crippen LogP contribution in [0.4, 0.5) is 10.8 Å². The van der Waals surface area contributed by atoms with Crippen LogP contribution >= 0.6 is 11.5 Å². The van der Waals surface area contributed by atoms with Gasteiger partial charge in [0, 0.05) is 6.04 Å². The molecule has 2 aromatic rings. The number of anilines is 2. The van der Waals surface area contributed by atoms with Crippen LogP contribution in [0.3, 0.4) is 0 Å². The van der Waals surface area contributed by atoms with Crippen LogP contribution in [-0.4, -0.2) is 10.4 Å². The Morgan fingerprint density at radius 1 is 1.19 bits per heavy atom. The lowest BCUT2D eigenvalue weighted by Crippen LogP contribution is -2.32. The number of nitrogen functional groups attached to an aromatic ring is 1. The number of benzene rings is 1. The maximum absolute atomic E-state index is 6.09. The Bertz CT molecular complexity index is 593. The fraction of sp³-hybridized carbons (Fsp3) is 0.471. The van der Waals surface area contributed by atoms with E-state index in [0.29, 0.717) is 17.8 Å². The van der Waals surface area contributed by atoms with E-state index in [9.17, 15) is 0 Å². The molecule has 0 amide bonds. The Balaban J connectivity index is 1.84. The highest BCUT2D eigenvalue weighted by Crippen LogP contribution is 2.39. The van der Waals surface area contributed by atoms with Crippen LogP contribution in [0, 0.1) is 11.8 Å². The summed E-state index contributed by atoms with van der Waals surface area (Å²) in [7, 11) is 0. The summed E-state index contributed by atoms with van der Waals surface area (Å²) in [5.74, 6) is 2.17. The van der Waals surface area contributed by atoms with Crippen LogP contribution in [0.25, 0.3) is 11.1 Å². The first-order valence-corrected chi connectivity index (χ1v) is 8.49. The van der Waals surface area contributed by atoms with E-state index >= 15 is 0 Å². The zero-order chi connectivity index (χ0) is 14.8. The SMILES string of the molecule is CC1CCC(Nc2snc(N)c2-c2ccccc2)C(C)C1. The highest BCUT2D eigenvalue weighted by molar-refractivity contribution is 7.11. The van der Waals surface area contributed by atoms with E-state index in [0.717, 1.165) is 22.0 Å². The number of nitrogens with two attached hydrogens (primary N) is 1. The number of hydrogen-bond donors (Lipinski definition) is 2. The molecule has 3 nitrogen and oxygen atoms in total. The lowest BCUT2D eigenvalue weighted by atomic mass is 9.80. The molecule has 1 aliphatic rings. The predicted molar refractivity (Wildman–Crippen MR) is 91.6 cm³/mol. The second-order valence-corrected chi connectivity index (χ2v) is 7.06. The van der Waals surface area contributed by atoms with Gasteiger partial charge in [0.2, 0.25) is 0 Å². The van der Waals surface area contributed by atoms with Crippen molar-refractivity contribution in [3.8, 4) is 11.1 Å². The zero-order valence-electron chi connectivity index (χ0n) is 12.7. The minimum absolute atomic E-state index is 0.531. The Kier molecular flexibility index (Phi) is 4.15. The average Bonchev–Trinajstić information content (AvgIpc) is 2.84. The third-order valence-corrected chi connectivity index (χ3v) is 5.32. The van der Waals surface area contributed by atoms with Crippen molar-refractivity contribution < 1.29 is 0 Å². The maximum atomic E-state index is 6.09. The molecular formula is C17H23N3S. The van der Waals surface area contributed by atoms with Gasteiger partial charge in [-0.3, -0.25) is 0 Å². The van der Waals surface area contributed by atoms with Crippen molar-refractivity contribution in [2.45, 2.75) is 39.2 Å². The summed E-state index contributed by atoms with van der Waals surface area (Å²) < 4.78 is 4.36. The predicted octanol–water partition coefficient (Wildman–Crippen LogP) is 4.63. The molecule has 21 heavy (non-hydrogen) atoms. The normalized spacial score (nSPS) is 25.7. The quantitative estimate of drug-likeness (QED) is 0.869. The van der Waals surface area contributed by atoms with Gasteiger partial charge in [-0.25, -0.2) is 0 Å². The second kappa shape index (κ2) is 6.06. The Morgan fingerprint density at radius 2 is 1.95 bits per heavy atom. The van der Waals surface area contributed by atoms with Crippen LogP contribution in [0.15, 0.2) is 30.3 Å². The molecule has 3 rings (SSSR count). The Hall–Kier alpha value is -1.55. The summed E-state index contributed by atoms with van der Waals surface area (Å²) in [4.78, 5) is 0. The van der Waals surface area contributed by atoms with E-state index in [2.05, 4.69) is 35.7 Å². The van der Waals surface area contributed by atoms with E-state index < -0.39 is 0 Å². The molecule has 4 heteroatoms. The lowest BCUT2D eigenvalue weighted by Gasteiger charge is -2.33. The van der Waals surface area contributed by atoms with Crippen molar-refractivity contribution in [2.75, 3.05) is 11.1 Å². The minimum atomic E-state index is 0.531. The number of rotatable bonds is 3. The summed E-state index contributed by atoms with van der Waals surface area (Å²) in [6.45, 7) is 4.70. The van der Waals surface area contributed by atoms with Gasteiger partial charge in [0.1, 0.15) is 10.8 Å². The number of nitrogens with zero attached hydrogens (tertiary/aromatic N) is 1. The molecule has 1 heterocycles. The van der Waals surface area contributed by atoms with Crippen LogP contribution in [0.1, 0.15) is 33.1 Å². The lowest BCUT2D eigenvalue weighted by molar-refractivity contribution is 0.277. The van der Waals surface area contributed by atoms with Gasteiger partial charge >= 0.3 is 0 Å². The van der Waals surface area contributed by atoms with Gasteiger partial charge in [-0.2, -0.15) is 4.37 Å². The molecule has 1 aromatic heterocycles. The summed E-state index contributed by atoms with van der Waals surface area (Å²) >= 11 is 1.48. The van der Waals surface area contributed by atoms with Crippen molar-refractivity contribution in [2.24, 2.45) is 11.8 Å². The van der Waals surface area contributed by atoms with Crippen molar-refractivity contribution in [1.29, 1.82) is 0 Å². The standard InChI is InChI=1S/C17H23N3S/c1-11-8-9-14(12(2)10-11)19-17-15(16(18)20-21-17)13-6-4-3-5-7-13/h3-7,11-12,14,19H,8-10H2,1-2H3,(H2,18,20). The summed E-state index contributed by atoms with van der Waals surface area (Å²) in [6.07, 6.45) is 3.83. The van der Waals surface area contributed by atoms with Crippen LogP contribution in [0.2, 0.25) is 0 Å². The summed E-state index contributed by atoms with van der Waals surface area (Å²) in [5.41, 5.74) is 8.30. The largest absolute Gasteiger partial charge is 0.382 e. The monoisotopic (exact) mass is 301 g/mol. The molecule has 0 bridgehead atoms. The average molecular weight is 301 g/mol. The van der Waals surface area contributed by atoms with Gasteiger partial charge in [-0.1, -0.05) is 44.2 Å². The van der Waals surface area contributed by atoms with Gasteiger partial charge in [0.25, 0.3) is 0 Å². The van der Waals surface area contributed by atoms with E-state index in [1.807, 2.05) is 18.2 Å². The number of nitrogens with one attached hydrogen (secondary N) is 1. The third-order valence-electron chi connectivity index (χ3n) is 4.53. The van der Waals surface area contributed by atoms with Crippen LogP contribution in [0.5, 0.6) is 0 Å². The van der Waals surface area contributed by atoms with Crippen LogP contribution in [-0.2, 0) is 0 Å². The molecule has 0 saturated heterocycles. The Morgan fingerprint density at radius 3 is 2.67 bits per heavy atom. The first kappa shape index (κ1) is 14.4. The maximum Gasteiger partial charge on any atom is 0.147 e. The van der Waals surface area contributed by atoms with E-state index in [4.69, 9.17) is 5.73 Å². The first-order valence-electron chi connectivity index (χ1n) is 7.72. The third kappa shape index (κ3) is 3.05. The topological polar surface area (TPSA) is 50.9 Å². The molecule has 0 radical (unpaired) electrons. The number of aromatic nitrogens is 1. The molecule has 1 aliphatic carbocycles. The molecule has 1 fully saturated rings. The summed E-state index contributed by atoms with van der Waals surface area (Å²) in [5, 5.41) is 4.83. The fourth-order valence-corrected chi connectivity index (χ4v) is 4.13. The summed E-state index contributed by atoms with van der Waals surface area (Å²) in [6, 6.07) is 10.8. The van der Waals surface area contributed by atoms with Crippen LogP contribution < -0.4 is 11.1 Å². The van der Waals surface area contributed by atoms with Gasteiger partial charge < -0.3 is 11.1 Å². The second-order valence-electron chi connectivity index (χ2n) is 6.28. The van der Waals surface area contributed by atoms with Crippen molar-refractivity contribution in [3.05, 3.63) is 30.3 Å². The molecule has 3 unspecified atom stereocenters. The molecular weight excluding hydrogens is 278 g/mol. The Labute approximate surface area is 130 Å². The van der Waals surface area contributed by atoms with Crippen molar-refractivity contribution >= 4 is 22.4 Å². The van der Waals surface area contributed by atoms with E-state index in [-0.39, 0.29) is 0 Å². The van der Waals surface area contributed by atoms with Gasteiger partial charge in [0.15, 0.2) is 0 Å². The fourth-order valence-electron chi connectivity index (χ4n) is 3.33. The molecule has 0 aliphatic heterocycles. The smallest absolute Gasteiger partial charge is 0.147 e. The molecule has 1 saturated carbocycles. The highest BCUT2D eigenvalue weighted by atomic mass is 32.1. The van der Waals surface area contributed by atoms with E-state index in [1.165, 1.54) is 30.8 Å². The van der Waals surface area contributed by atoms with Crippen molar-refractivity contribution in [3.63, 3.8) is 0 Å². The highest BCUT2D eigenvalue weighted by Gasteiger charge is 2.26. The van der Waals surface area contributed by atoms with E-state index in [1.54, 1.807) is 0 Å². The van der Waals surface area contributed by atoms with Crippen molar-refractivity contribution in [1.82, 2.24) is 4.37 Å². The minimum Gasteiger partial charge on any atom is -0.382 e. The zero-order valence-corrected chi connectivity index (χ0v) is 13.5. The molecule has 112 valence electrons. The molecule has 0 spiro atoms.